The normalized spacial score (nSPS) is 12.7. The van der Waals surface area contributed by atoms with Gasteiger partial charge in [0.15, 0.2) is 0 Å². The largest absolute Gasteiger partial charge is 0.416 e. The fourth-order valence-corrected chi connectivity index (χ4v) is 1.62. The molecule has 5 heteroatoms. The van der Waals surface area contributed by atoms with Crippen LogP contribution in [-0.4, -0.2) is 0 Å². The highest BCUT2D eigenvalue weighted by Gasteiger charge is 2.30. The SMILES string of the molecule is CC#CCCC(NN)c1cccc(C(F)(F)F)c1. The summed E-state index contributed by atoms with van der Waals surface area (Å²) < 4.78 is 37.7. The molecule has 0 aromatic heterocycles. The molecule has 0 aliphatic carbocycles. The second-order valence-electron chi connectivity index (χ2n) is 3.81. The number of nitrogens with one attached hydrogen (secondary N) is 1. The Bertz CT molecular complexity index is 444. The zero-order valence-electron chi connectivity index (χ0n) is 10.0. The molecule has 0 saturated carbocycles. The van der Waals surface area contributed by atoms with E-state index in [1.165, 1.54) is 6.07 Å². The van der Waals surface area contributed by atoms with Crippen LogP contribution >= 0.6 is 0 Å². The zero-order chi connectivity index (χ0) is 13.6. The molecule has 0 saturated heterocycles. The van der Waals surface area contributed by atoms with Crippen LogP contribution < -0.4 is 11.3 Å². The highest BCUT2D eigenvalue weighted by Crippen LogP contribution is 2.31. The van der Waals surface area contributed by atoms with E-state index in [1.54, 1.807) is 13.0 Å². The van der Waals surface area contributed by atoms with E-state index in [2.05, 4.69) is 17.3 Å². The Morgan fingerprint density at radius 2 is 2.11 bits per heavy atom. The number of benzene rings is 1. The van der Waals surface area contributed by atoms with Crippen LogP contribution in [0.15, 0.2) is 24.3 Å². The predicted molar refractivity (Wildman–Crippen MR) is 64.2 cm³/mol. The van der Waals surface area contributed by atoms with Crippen molar-refractivity contribution in [2.75, 3.05) is 0 Å². The third kappa shape index (κ3) is 4.06. The first-order valence-corrected chi connectivity index (χ1v) is 5.52. The molecule has 0 spiro atoms. The van der Waals surface area contributed by atoms with Gasteiger partial charge in [-0.05, 0) is 31.0 Å². The fourth-order valence-electron chi connectivity index (χ4n) is 1.62. The molecule has 1 aromatic rings. The van der Waals surface area contributed by atoms with Gasteiger partial charge < -0.3 is 0 Å². The van der Waals surface area contributed by atoms with E-state index in [0.717, 1.165) is 12.1 Å². The van der Waals surface area contributed by atoms with Gasteiger partial charge in [0.2, 0.25) is 0 Å². The van der Waals surface area contributed by atoms with E-state index in [4.69, 9.17) is 5.84 Å². The maximum absolute atomic E-state index is 12.6. The molecule has 18 heavy (non-hydrogen) atoms. The first-order valence-electron chi connectivity index (χ1n) is 5.52. The molecule has 0 aliphatic heterocycles. The van der Waals surface area contributed by atoms with Crippen LogP contribution in [0.4, 0.5) is 13.2 Å². The molecular weight excluding hydrogens is 241 g/mol. The molecule has 1 unspecified atom stereocenters. The lowest BCUT2D eigenvalue weighted by Crippen LogP contribution is -2.28. The minimum Gasteiger partial charge on any atom is -0.271 e. The molecule has 1 rings (SSSR count). The molecule has 1 aromatic carbocycles. The van der Waals surface area contributed by atoms with Gasteiger partial charge in [-0.15, -0.1) is 11.8 Å². The number of halogens is 3. The second-order valence-corrected chi connectivity index (χ2v) is 3.81. The first-order chi connectivity index (χ1) is 8.49. The van der Waals surface area contributed by atoms with E-state index < -0.39 is 11.7 Å². The summed E-state index contributed by atoms with van der Waals surface area (Å²) in [5.41, 5.74) is 2.37. The van der Waals surface area contributed by atoms with E-state index in [0.29, 0.717) is 18.4 Å². The Balaban J connectivity index is 2.88. The molecule has 2 nitrogen and oxygen atoms in total. The molecule has 1 atom stereocenters. The van der Waals surface area contributed by atoms with Gasteiger partial charge in [0, 0.05) is 12.5 Å². The maximum atomic E-state index is 12.6. The number of hydrogen-bond donors (Lipinski definition) is 2. The van der Waals surface area contributed by atoms with Crippen LogP contribution in [0.2, 0.25) is 0 Å². The summed E-state index contributed by atoms with van der Waals surface area (Å²) in [4.78, 5) is 0. The van der Waals surface area contributed by atoms with Gasteiger partial charge in [-0.1, -0.05) is 12.1 Å². The zero-order valence-corrected chi connectivity index (χ0v) is 10.0. The smallest absolute Gasteiger partial charge is 0.271 e. The Labute approximate surface area is 104 Å². The summed E-state index contributed by atoms with van der Waals surface area (Å²) in [5, 5.41) is 0. The van der Waals surface area contributed by atoms with Gasteiger partial charge in [-0.25, -0.2) is 0 Å². The van der Waals surface area contributed by atoms with Crippen LogP contribution in [-0.2, 0) is 6.18 Å². The lowest BCUT2D eigenvalue weighted by Gasteiger charge is -2.16. The summed E-state index contributed by atoms with van der Waals surface area (Å²) in [5.74, 6) is 11.0. The van der Waals surface area contributed by atoms with Crippen molar-refractivity contribution in [3.63, 3.8) is 0 Å². The molecule has 0 heterocycles. The number of hydrazine groups is 1. The van der Waals surface area contributed by atoms with Crippen LogP contribution in [0.3, 0.4) is 0 Å². The molecule has 98 valence electrons. The van der Waals surface area contributed by atoms with E-state index >= 15 is 0 Å². The molecule has 0 bridgehead atoms. The summed E-state index contributed by atoms with van der Waals surface area (Å²) in [6.45, 7) is 1.72. The first kappa shape index (κ1) is 14.6. The molecule has 0 radical (unpaired) electrons. The van der Waals surface area contributed by atoms with Crippen LogP contribution in [0.5, 0.6) is 0 Å². The predicted octanol–water partition coefficient (Wildman–Crippen LogP) is 3.01. The topological polar surface area (TPSA) is 38.0 Å². The third-order valence-corrected chi connectivity index (χ3v) is 2.55. The van der Waals surface area contributed by atoms with Crippen LogP contribution in [0, 0.1) is 11.8 Å². The minimum atomic E-state index is -4.33. The summed E-state index contributed by atoms with van der Waals surface area (Å²) in [6.07, 6.45) is -3.18. The Hall–Kier alpha value is -1.51. The average molecular weight is 256 g/mol. The van der Waals surface area contributed by atoms with E-state index in [1.807, 2.05) is 0 Å². The average Bonchev–Trinajstić information content (AvgIpc) is 2.34. The lowest BCUT2D eigenvalue weighted by molar-refractivity contribution is -0.137. The quantitative estimate of drug-likeness (QED) is 0.493. The Morgan fingerprint density at radius 3 is 2.67 bits per heavy atom. The van der Waals surface area contributed by atoms with Gasteiger partial charge >= 0.3 is 6.18 Å². The fraction of sp³-hybridized carbons (Fsp3) is 0.385. The molecule has 3 N–H and O–H groups in total. The van der Waals surface area contributed by atoms with Gasteiger partial charge in [-0.2, -0.15) is 13.2 Å². The van der Waals surface area contributed by atoms with Crippen molar-refractivity contribution in [1.29, 1.82) is 0 Å². The molecule has 0 fully saturated rings. The number of nitrogens with two attached hydrogens (primary N) is 1. The standard InChI is InChI=1S/C13H15F3N2/c1-2-3-4-8-12(18-17)10-6-5-7-11(9-10)13(14,15)16/h5-7,9,12,18H,4,8,17H2,1H3. The number of rotatable bonds is 4. The Morgan fingerprint density at radius 1 is 1.39 bits per heavy atom. The monoisotopic (exact) mass is 256 g/mol. The molecule has 0 amide bonds. The van der Waals surface area contributed by atoms with Gasteiger partial charge in [0.25, 0.3) is 0 Å². The van der Waals surface area contributed by atoms with Gasteiger partial charge in [-0.3, -0.25) is 11.3 Å². The van der Waals surface area contributed by atoms with Crippen LogP contribution in [0.25, 0.3) is 0 Å². The summed E-state index contributed by atoms with van der Waals surface area (Å²) in [6, 6.07) is 4.84. The van der Waals surface area contributed by atoms with Crippen molar-refractivity contribution >= 4 is 0 Å². The Kier molecular flexibility index (Phi) is 5.20. The maximum Gasteiger partial charge on any atom is 0.416 e. The minimum absolute atomic E-state index is 0.326. The third-order valence-electron chi connectivity index (χ3n) is 2.55. The van der Waals surface area contributed by atoms with Crippen molar-refractivity contribution in [3.8, 4) is 11.8 Å². The van der Waals surface area contributed by atoms with Crippen molar-refractivity contribution in [3.05, 3.63) is 35.4 Å². The summed E-state index contributed by atoms with van der Waals surface area (Å²) >= 11 is 0. The summed E-state index contributed by atoms with van der Waals surface area (Å²) in [7, 11) is 0. The molecular formula is C13H15F3N2. The lowest BCUT2D eigenvalue weighted by atomic mass is 10.0. The van der Waals surface area contributed by atoms with Crippen molar-refractivity contribution < 1.29 is 13.2 Å². The second kappa shape index (κ2) is 6.43. The van der Waals surface area contributed by atoms with E-state index in [9.17, 15) is 13.2 Å². The highest BCUT2D eigenvalue weighted by atomic mass is 19.4. The van der Waals surface area contributed by atoms with Crippen molar-refractivity contribution in [1.82, 2.24) is 5.43 Å². The highest BCUT2D eigenvalue weighted by molar-refractivity contribution is 5.28. The van der Waals surface area contributed by atoms with E-state index in [-0.39, 0.29) is 6.04 Å². The van der Waals surface area contributed by atoms with Gasteiger partial charge in [0.1, 0.15) is 0 Å². The van der Waals surface area contributed by atoms with Crippen molar-refractivity contribution in [2.24, 2.45) is 5.84 Å². The van der Waals surface area contributed by atoms with Crippen molar-refractivity contribution in [2.45, 2.75) is 32.0 Å². The number of alkyl halides is 3. The number of hydrogen-bond acceptors (Lipinski definition) is 2. The molecule has 0 aliphatic rings. The van der Waals surface area contributed by atoms with Gasteiger partial charge in [0.05, 0.1) is 5.56 Å². The van der Waals surface area contributed by atoms with Crippen LogP contribution in [0.1, 0.15) is 36.9 Å².